The highest BCUT2D eigenvalue weighted by Gasteiger charge is 2.11. The summed E-state index contributed by atoms with van der Waals surface area (Å²) in [5.74, 6) is -0.595. The van der Waals surface area contributed by atoms with Crippen molar-refractivity contribution in [3.63, 3.8) is 0 Å². The number of hydrogen-bond acceptors (Lipinski definition) is 4. The summed E-state index contributed by atoms with van der Waals surface area (Å²) in [6, 6.07) is 20.0. The SMILES string of the molecule is COC(=O)Cc1cc(NC(=O)CCc2ccc(OCCCCCc3ccccc3)cc2F)ccc1Cl. The minimum absolute atomic E-state index is 0.00631. The van der Waals surface area contributed by atoms with Gasteiger partial charge in [-0.3, -0.25) is 9.59 Å². The number of aryl methyl sites for hydroxylation is 2. The molecule has 0 saturated heterocycles. The lowest BCUT2D eigenvalue weighted by atomic mass is 10.1. The van der Waals surface area contributed by atoms with Crippen LogP contribution in [0.4, 0.5) is 10.1 Å². The Balaban J connectivity index is 1.39. The Hall–Kier alpha value is -3.38. The van der Waals surface area contributed by atoms with Crippen molar-refractivity contribution in [2.24, 2.45) is 0 Å². The summed E-state index contributed by atoms with van der Waals surface area (Å²) >= 11 is 6.11. The summed E-state index contributed by atoms with van der Waals surface area (Å²) in [6.07, 6.45) is 4.44. The molecule has 0 unspecified atom stereocenters. The predicted octanol–water partition coefficient (Wildman–Crippen LogP) is 6.56. The summed E-state index contributed by atoms with van der Waals surface area (Å²) in [4.78, 5) is 23.9. The van der Waals surface area contributed by atoms with Gasteiger partial charge in [-0.2, -0.15) is 0 Å². The molecule has 0 saturated carbocycles. The van der Waals surface area contributed by atoms with Gasteiger partial charge in [-0.25, -0.2) is 4.39 Å². The van der Waals surface area contributed by atoms with Gasteiger partial charge in [-0.15, -0.1) is 0 Å². The third kappa shape index (κ3) is 9.00. The average molecular weight is 512 g/mol. The number of halogens is 2. The van der Waals surface area contributed by atoms with Crippen LogP contribution >= 0.6 is 11.6 Å². The van der Waals surface area contributed by atoms with Gasteiger partial charge in [0.15, 0.2) is 0 Å². The molecule has 0 spiro atoms. The van der Waals surface area contributed by atoms with Crippen molar-refractivity contribution in [1.82, 2.24) is 0 Å². The zero-order valence-electron chi connectivity index (χ0n) is 20.4. The second kappa shape index (κ2) is 14.2. The lowest BCUT2D eigenvalue weighted by molar-refractivity contribution is -0.139. The van der Waals surface area contributed by atoms with Gasteiger partial charge in [0.25, 0.3) is 0 Å². The minimum Gasteiger partial charge on any atom is -0.493 e. The third-order valence-electron chi connectivity index (χ3n) is 5.76. The maximum Gasteiger partial charge on any atom is 0.310 e. The van der Waals surface area contributed by atoms with E-state index in [1.165, 1.54) is 18.7 Å². The molecule has 190 valence electrons. The van der Waals surface area contributed by atoms with Crippen LogP contribution < -0.4 is 10.1 Å². The molecule has 36 heavy (non-hydrogen) atoms. The number of carbonyl (C=O) groups is 2. The molecule has 0 bridgehead atoms. The summed E-state index contributed by atoms with van der Waals surface area (Å²) in [7, 11) is 1.30. The number of amides is 1. The fourth-order valence-electron chi connectivity index (χ4n) is 3.75. The van der Waals surface area contributed by atoms with E-state index in [2.05, 4.69) is 22.2 Å². The van der Waals surface area contributed by atoms with Crippen molar-refractivity contribution in [1.29, 1.82) is 0 Å². The van der Waals surface area contributed by atoms with Gasteiger partial charge >= 0.3 is 5.97 Å². The molecule has 0 aromatic heterocycles. The van der Waals surface area contributed by atoms with Crippen molar-refractivity contribution in [3.05, 3.63) is 94.3 Å². The van der Waals surface area contributed by atoms with Crippen LogP contribution in [0, 0.1) is 5.82 Å². The van der Waals surface area contributed by atoms with Crippen LogP contribution in [0.3, 0.4) is 0 Å². The van der Waals surface area contributed by atoms with Crippen LogP contribution in [0.5, 0.6) is 5.75 Å². The number of ether oxygens (including phenoxy) is 2. The largest absolute Gasteiger partial charge is 0.493 e. The molecule has 5 nitrogen and oxygen atoms in total. The van der Waals surface area contributed by atoms with E-state index in [-0.39, 0.29) is 25.2 Å². The molecule has 0 aliphatic heterocycles. The average Bonchev–Trinajstić information content (AvgIpc) is 2.88. The molecule has 0 atom stereocenters. The molecule has 3 aromatic carbocycles. The zero-order chi connectivity index (χ0) is 25.8. The minimum atomic E-state index is -0.425. The normalized spacial score (nSPS) is 10.6. The highest BCUT2D eigenvalue weighted by Crippen LogP contribution is 2.22. The van der Waals surface area contributed by atoms with Gasteiger partial charge < -0.3 is 14.8 Å². The molecule has 3 rings (SSSR count). The first kappa shape index (κ1) is 27.2. The summed E-state index contributed by atoms with van der Waals surface area (Å²) in [6.45, 7) is 0.537. The van der Waals surface area contributed by atoms with E-state index in [9.17, 15) is 14.0 Å². The van der Waals surface area contributed by atoms with Crippen LogP contribution in [0.15, 0.2) is 66.7 Å². The summed E-state index contributed by atoms with van der Waals surface area (Å²) < 4.78 is 24.9. The van der Waals surface area contributed by atoms with Gasteiger partial charge in [0.2, 0.25) is 5.91 Å². The zero-order valence-corrected chi connectivity index (χ0v) is 21.2. The fraction of sp³-hybridized carbons (Fsp3) is 0.310. The maximum atomic E-state index is 14.5. The van der Waals surface area contributed by atoms with E-state index in [1.807, 2.05) is 18.2 Å². The van der Waals surface area contributed by atoms with Gasteiger partial charge in [-0.05, 0) is 73.1 Å². The number of anilines is 1. The molecular weight excluding hydrogens is 481 g/mol. The molecule has 1 amide bonds. The quantitative estimate of drug-likeness (QED) is 0.208. The van der Waals surface area contributed by atoms with Crippen molar-refractivity contribution in [2.75, 3.05) is 19.0 Å². The number of rotatable bonds is 13. The Morgan fingerprint density at radius 3 is 2.47 bits per heavy atom. The van der Waals surface area contributed by atoms with Crippen LogP contribution in [0.2, 0.25) is 5.02 Å². The standard InChI is InChI=1S/C29H31ClFNO4/c1-35-29(34)19-23-18-24(13-15-26(23)30)32-28(33)16-12-22-11-14-25(20-27(22)31)36-17-7-3-6-10-21-8-4-2-5-9-21/h2,4-5,8-9,11,13-15,18,20H,3,6-7,10,12,16-17,19H2,1H3,(H,32,33). The lowest BCUT2D eigenvalue weighted by Gasteiger charge is -2.10. The van der Waals surface area contributed by atoms with Gasteiger partial charge in [0, 0.05) is 23.2 Å². The van der Waals surface area contributed by atoms with E-state index in [0.717, 1.165) is 25.7 Å². The van der Waals surface area contributed by atoms with E-state index in [1.54, 1.807) is 30.3 Å². The maximum absolute atomic E-state index is 14.5. The van der Waals surface area contributed by atoms with Crippen molar-refractivity contribution in [3.8, 4) is 5.75 Å². The van der Waals surface area contributed by atoms with Gasteiger partial charge in [0.1, 0.15) is 11.6 Å². The fourth-order valence-corrected chi connectivity index (χ4v) is 3.93. The highest BCUT2D eigenvalue weighted by atomic mass is 35.5. The molecule has 1 N–H and O–H groups in total. The van der Waals surface area contributed by atoms with E-state index < -0.39 is 11.8 Å². The van der Waals surface area contributed by atoms with Crippen molar-refractivity contribution >= 4 is 29.2 Å². The smallest absolute Gasteiger partial charge is 0.310 e. The van der Waals surface area contributed by atoms with Gasteiger partial charge in [-0.1, -0.05) is 48.0 Å². The number of carbonyl (C=O) groups excluding carboxylic acids is 2. The second-order valence-corrected chi connectivity index (χ2v) is 8.91. The van der Waals surface area contributed by atoms with Crippen LogP contribution in [0.25, 0.3) is 0 Å². The van der Waals surface area contributed by atoms with Crippen molar-refractivity contribution in [2.45, 2.75) is 44.9 Å². The number of benzene rings is 3. The van der Waals surface area contributed by atoms with Gasteiger partial charge in [0.05, 0.1) is 20.1 Å². The highest BCUT2D eigenvalue weighted by molar-refractivity contribution is 6.31. The Morgan fingerprint density at radius 2 is 1.72 bits per heavy atom. The Labute approximate surface area is 216 Å². The van der Waals surface area contributed by atoms with E-state index >= 15 is 0 Å². The molecule has 0 heterocycles. The number of unbranched alkanes of at least 4 members (excludes halogenated alkanes) is 2. The summed E-state index contributed by atoms with van der Waals surface area (Å²) in [5, 5.41) is 3.17. The van der Waals surface area contributed by atoms with Crippen LogP contribution in [0.1, 0.15) is 42.4 Å². The van der Waals surface area contributed by atoms with E-state index in [0.29, 0.717) is 34.2 Å². The Morgan fingerprint density at radius 1 is 0.917 bits per heavy atom. The number of nitrogens with one attached hydrogen (secondary N) is 1. The Kier molecular flexibility index (Phi) is 10.8. The van der Waals surface area contributed by atoms with Crippen LogP contribution in [-0.4, -0.2) is 25.6 Å². The van der Waals surface area contributed by atoms with Crippen LogP contribution in [-0.2, 0) is 33.6 Å². The number of esters is 1. The molecule has 0 aliphatic rings. The first-order chi connectivity index (χ1) is 17.4. The molecule has 0 aliphatic carbocycles. The second-order valence-electron chi connectivity index (χ2n) is 8.51. The number of hydrogen-bond donors (Lipinski definition) is 1. The molecular formula is C29H31ClFNO4. The molecule has 7 heteroatoms. The Bertz CT molecular complexity index is 1150. The van der Waals surface area contributed by atoms with E-state index in [4.69, 9.17) is 16.3 Å². The molecule has 0 radical (unpaired) electrons. The third-order valence-corrected chi connectivity index (χ3v) is 6.13. The topological polar surface area (TPSA) is 64.6 Å². The first-order valence-electron chi connectivity index (χ1n) is 12.0. The monoisotopic (exact) mass is 511 g/mol. The number of methoxy groups -OCH3 is 1. The predicted molar refractivity (Wildman–Crippen MR) is 140 cm³/mol. The molecule has 3 aromatic rings. The summed E-state index contributed by atoms with van der Waals surface area (Å²) in [5.41, 5.74) is 2.85. The van der Waals surface area contributed by atoms with Crippen molar-refractivity contribution < 1.29 is 23.5 Å². The lowest BCUT2D eigenvalue weighted by Crippen LogP contribution is -2.13. The molecule has 0 fully saturated rings. The first-order valence-corrected chi connectivity index (χ1v) is 12.4.